The van der Waals surface area contributed by atoms with E-state index >= 15 is 0 Å². The van der Waals surface area contributed by atoms with Crippen molar-refractivity contribution in [2.45, 2.75) is 25.0 Å². The van der Waals surface area contributed by atoms with Gasteiger partial charge in [-0.05, 0) is 25.0 Å². The summed E-state index contributed by atoms with van der Waals surface area (Å²) in [6, 6.07) is 4.60. The molecule has 96 valence electrons. The topological polar surface area (TPSA) is 50.9 Å². The van der Waals surface area contributed by atoms with Crippen LogP contribution in [0.5, 0.6) is 5.75 Å². The third-order valence-corrected chi connectivity index (χ3v) is 2.94. The first-order valence-corrected chi connectivity index (χ1v) is 6.08. The maximum atomic E-state index is 13.7. The van der Waals surface area contributed by atoms with E-state index in [2.05, 4.69) is 5.32 Å². The second-order valence-electron chi connectivity index (χ2n) is 4.63. The zero-order valence-electron chi connectivity index (χ0n) is 9.82. The largest absolute Gasteiger partial charge is 0.490 e. The molecule has 1 amide bonds. The van der Waals surface area contributed by atoms with Crippen LogP contribution in [0.2, 0.25) is 0 Å². The molecule has 5 heteroatoms. The van der Waals surface area contributed by atoms with Gasteiger partial charge in [-0.3, -0.25) is 4.79 Å². The minimum Gasteiger partial charge on any atom is -0.490 e. The Hall–Kier alpha value is -1.62. The lowest BCUT2D eigenvalue weighted by molar-refractivity contribution is 0.0942. The van der Waals surface area contributed by atoms with Crippen LogP contribution in [0.15, 0.2) is 18.2 Å². The summed E-state index contributed by atoms with van der Waals surface area (Å²) in [6.07, 6.45) is 2.01. The minimum absolute atomic E-state index is 0.00921. The molecule has 1 aromatic rings. The molecule has 0 unspecified atom stereocenters. The number of halogens is 1. The Morgan fingerprint density at radius 1 is 1.50 bits per heavy atom. The van der Waals surface area contributed by atoms with Crippen molar-refractivity contribution >= 4 is 5.91 Å². The summed E-state index contributed by atoms with van der Waals surface area (Å²) >= 11 is 0. The van der Waals surface area contributed by atoms with Gasteiger partial charge >= 0.3 is 0 Å². The molecule has 1 aliphatic carbocycles. The van der Waals surface area contributed by atoms with Crippen LogP contribution in [0, 0.1) is 5.82 Å². The molecule has 0 spiro atoms. The van der Waals surface area contributed by atoms with Crippen LogP contribution in [0.3, 0.4) is 0 Å². The lowest BCUT2D eigenvalue weighted by Gasteiger charge is -2.11. The molecule has 18 heavy (non-hydrogen) atoms. The van der Waals surface area contributed by atoms with Crippen LogP contribution in [0.25, 0.3) is 0 Å². The number of benzene rings is 1. The van der Waals surface area contributed by atoms with Gasteiger partial charge in [0.15, 0.2) is 0 Å². The molecule has 2 aliphatic rings. The molecule has 3 rings (SSSR count). The number of carbonyl (C=O) groups is 1. The van der Waals surface area contributed by atoms with Crippen molar-refractivity contribution in [3.8, 4) is 5.75 Å². The quantitative estimate of drug-likeness (QED) is 0.807. The molecule has 2 fully saturated rings. The van der Waals surface area contributed by atoms with Gasteiger partial charge in [0.1, 0.15) is 29.8 Å². The van der Waals surface area contributed by atoms with E-state index in [1.807, 2.05) is 0 Å². The summed E-state index contributed by atoms with van der Waals surface area (Å²) in [7, 11) is 0. The number of hydrogen-bond donors (Lipinski definition) is 1. The highest BCUT2D eigenvalue weighted by Crippen LogP contribution is 2.25. The highest BCUT2D eigenvalue weighted by molar-refractivity contribution is 5.97. The molecule has 1 saturated carbocycles. The first-order chi connectivity index (χ1) is 8.74. The molecule has 1 aliphatic heterocycles. The molecule has 1 heterocycles. The molecule has 1 N–H and O–H groups in total. The van der Waals surface area contributed by atoms with Gasteiger partial charge in [0.2, 0.25) is 0 Å². The van der Waals surface area contributed by atoms with Gasteiger partial charge in [0.25, 0.3) is 5.91 Å². The molecule has 1 atom stereocenters. The third kappa shape index (κ3) is 2.61. The first kappa shape index (κ1) is 11.5. The lowest BCUT2D eigenvalue weighted by atomic mass is 10.1. The number of epoxide rings is 1. The van der Waals surface area contributed by atoms with Gasteiger partial charge in [-0.15, -0.1) is 0 Å². The Labute approximate surface area is 104 Å². The molecule has 4 nitrogen and oxygen atoms in total. The molecule has 0 radical (unpaired) electrons. The van der Waals surface area contributed by atoms with Gasteiger partial charge in [-0.2, -0.15) is 0 Å². The average Bonchev–Trinajstić information content (AvgIpc) is 3.21. The van der Waals surface area contributed by atoms with Gasteiger partial charge in [0, 0.05) is 6.04 Å². The van der Waals surface area contributed by atoms with Gasteiger partial charge in [-0.1, -0.05) is 6.07 Å². The van der Waals surface area contributed by atoms with Gasteiger partial charge in [-0.25, -0.2) is 4.39 Å². The van der Waals surface area contributed by atoms with E-state index in [4.69, 9.17) is 9.47 Å². The molecular formula is C13H14FNO3. The van der Waals surface area contributed by atoms with Crippen molar-refractivity contribution in [3.05, 3.63) is 29.6 Å². The van der Waals surface area contributed by atoms with Crippen LogP contribution in [-0.2, 0) is 4.74 Å². The van der Waals surface area contributed by atoms with Gasteiger partial charge in [0.05, 0.1) is 6.61 Å². The summed E-state index contributed by atoms with van der Waals surface area (Å²) in [6.45, 7) is 1.02. The van der Waals surface area contributed by atoms with Crippen molar-refractivity contribution in [1.82, 2.24) is 5.32 Å². The highest BCUT2D eigenvalue weighted by Gasteiger charge is 2.28. The Morgan fingerprint density at radius 2 is 2.28 bits per heavy atom. The van der Waals surface area contributed by atoms with Crippen molar-refractivity contribution < 1.29 is 18.7 Å². The second-order valence-corrected chi connectivity index (χ2v) is 4.63. The van der Waals surface area contributed by atoms with Gasteiger partial charge < -0.3 is 14.8 Å². The van der Waals surface area contributed by atoms with E-state index in [9.17, 15) is 9.18 Å². The number of ether oxygens (including phenoxy) is 2. The fourth-order valence-corrected chi connectivity index (χ4v) is 1.68. The predicted octanol–water partition coefficient (Wildman–Crippen LogP) is 1.50. The lowest BCUT2D eigenvalue weighted by Crippen LogP contribution is -2.27. The van der Waals surface area contributed by atoms with Crippen molar-refractivity contribution in [3.63, 3.8) is 0 Å². The summed E-state index contributed by atoms with van der Waals surface area (Å²) in [5, 5.41) is 2.76. The predicted molar refractivity (Wildman–Crippen MR) is 62.1 cm³/mol. The first-order valence-electron chi connectivity index (χ1n) is 6.08. The number of nitrogens with one attached hydrogen (secondary N) is 1. The standard InChI is InChI=1S/C13H14FNO3/c14-10-2-1-3-11(18-7-9-6-17-9)12(10)13(16)15-8-4-5-8/h1-3,8-9H,4-7H2,(H,15,16)/t9-/m0/s1. The fraction of sp³-hybridized carbons (Fsp3) is 0.462. The van der Waals surface area contributed by atoms with E-state index in [0.717, 1.165) is 12.8 Å². The normalized spacial score (nSPS) is 21.5. The third-order valence-electron chi connectivity index (χ3n) is 2.94. The molecule has 0 bridgehead atoms. The van der Waals surface area contributed by atoms with Crippen LogP contribution >= 0.6 is 0 Å². The van der Waals surface area contributed by atoms with E-state index in [-0.39, 0.29) is 23.5 Å². The highest BCUT2D eigenvalue weighted by atomic mass is 19.1. The van der Waals surface area contributed by atoms with Crippen LogP contribution < -0.4 is 10.1 Å². The Kier molecular flexibility index (Phi) is 2.91. The monoisotopic (exact) mass is 251 g/mol. The Morgan fingerprint density at radius 3 is 2.94 bits per heavy atom. The maximum Gasteiger partial charge on any atom is 0.258 e. The summed E-state index contributed by atoms with van der Waals surface area (Å²) in [5.74, 6) is -0.673. The van der Waals surface area contributed by atoms with Crippen LogP contribution in [0.4, 0.5) is 4.39 Å². The molecule has 0 aromatic heterocycles. The van der Waals surface area contributed by atoms with Crippen molar-refractivity contribution in [1.29, 1.82) is 0 Å². The smallest absolute Gasteiger partial charge is 0.258 e. The zero-order chi connectivity index (χ0) is 12.5. The second kappa shape index (κ2) is 4.57. The number of rotatable bonds is 5. The van der Waals surface area contributed by atoms with Crippen LogP contribution in [0.1, 0.15) is 23.2 Å². The summed E-state index contributed by atoms with van der Waals surface area (Å²) in [5.41, 5.74) is -0.00921. The zero-order valence-corrected chi connectivity index (χ0v) is 9.82. The Balaban J connectivity index is 1.76. The van der Waals surface area contributed by atoms with E-state index in [1.165, 1.54) is 12.1 Å². The number of amides is 1. The summed E-state index contributed by atoms with van der Waals surface area (Å²) in [4.78, 5) is 11.9. The van der Waals surface area contributed by atoms with Crippen molar-refractivity contribution in [2.24, 2.45) is 0 Å². The SMILES string of the molecule is O=C(NC1CC1)c1c(F)cccc1OC[C@@H]1CO1. The number of carbonyl (C=O) groups excluding carboxylic acids is 1. The van der Waals surface area contributed by atoms with E-state index in [0.29, 0.717) is 13.2 Å². The average molecular weight is 251 g/mol. The molecule has 1 aromatic carbocycles. The van der Waals surface area contributed by atoms with Crippen LogP contribution in [-0.4, -0.2) is 31.3 Å². The molecular weight excluding hydrogens is 237 g/mol. The van der Waals surface area contributed by atoms with E-state index in [1.54, 1.807) is 6.07 Å². The molecule has 1 saturated heterocycles. The van der Waals surface area contributed by atoms with E-state index < -0.39 is 11.7 Å². The Bertz CT molecular complexity index is 469. The minimum atomic E-state index is -0.553. The fourth-order valence-electron chi connectivity index (χ4n) is 1.68. The van der Waals surface area contributed by atoms with Crippen molar-refractivity contribution in [2.75, 3.05) is 13.2 Å². The summed E-state index contributed by atoms with van der Waals surface area (Å²) < 4.78 is 24.2. The maximum absolute atomic E-state index is 13.7. The number of hydrogen-bond acceptors (Lipinski definition) is 3.